The number of nitrogens with zero attached hydrogens (tertiary/aromatic N) is 2. The van der Waals surface area contributed by atoms with Crippen LogP contribution in [0.3, 0.4) is 0 Å². The van der Waals surface area contributed by atoms with Crippen molar-refractivity contribution in [3.8, 4) is 0 Å². The highest BCUT2D eigenvalue weighted by Gasteiger charge is 2.22. The van der Waals surface area contributed by atoms with Gasteiger partial charge in [0.1, 0.15) is 5.76 Å². The molecule has 1 saturated heterocycles. The van der Waals surface area contributed by atoms with Crippen LogP contribution in [0.5, 0.6) is 0 Å². The number of likely N-dealkylation sites (N-methyl/N-ethyl adjacent to an activating group) is 1. The fourth-order valence-electron chi connectivity index (χ4n) is 3.65. The molecule has 0 radical (unpaired) electrons. The zero-order valence-corrected chi connectivity index (χ0v) is 16.7. The molecule has 0 amide bonds. The second-order valence-electron chi connectivity index (χ2n) is 7.18. The van der Waals surface area contributed by atoms with Gasteiger partial charge in [0, 0.05) is 25.6 Å². The summed E-state index contributed by atoms with van der Waals surface area (Å²) in [7, 11) is 0. The van der Waals surface area contributed by atoms with Crippen LogP contribution in [0.4, 0.5) is 0 Å². The van der Waals surface area contributed by atoms with E-state index in [0.29, 0.717) is 12.6 Å². The summed E-state index contributed by atoms with van der Waals surface area (Å²) in [6.07, 6.45) is 4.35. The van der Waals surface area contributed by atoms with E-state index in [2.05, 4.69) is 27.4 Å². The van der Waals surface area contributed by atoms with Gasteiger partial charge in [-0.15, -0.1) is 0 Å². The Morgan fingerprint density at radius 3 is 2.86 bits per heavy atom. The Kier molecular flexibility index (Phi) is 7.94. The number of furan rings is 1. The van der Waals surface area contributed by atoms with Gasteiger partial charge in [0.05, 0.1) is 18.9 Å². The summed E-state index contributed by atoms with van der Waals surface area (Å²) in [6.45, 7) is 6.38. The van der Waals surface area contributed by atoms with Crippen molar-refractivity contribution in [2.24, 2.45) is 4.99 Å². The summed E-state index contributed by atoms with van der Waals surface area (Å²) < 4.78 is 5.39. The van der Waals surface area contributed by atoms with E-state index in [0.717, 1.165) is 43.3 Å². The molecule has 6 nitrogen and oxygen atoms in total. The highest BCUT2D eigenvalue weighted by atomic mass is 16.3. The lowest BCUT2D eigenvalue weighted by atomic mass is 10.1. The van der Waals surface area contributed by atoms with Crippen LogP contribution in [0.25, 0.3) is 0 Å². The van der Waals surface area contributed by atoms with E-state index in [1.807, 2.05) is 42.5 Å². The van der Waals surface area contributed by atoms with E-state index in [1.165, 1.54) is 19.4 Å². The summed E-state index contributed by atoms with van der Waals surface area (Å²) >= 11 is 0. The standard InChI is InChI=1S/C22H32N4O2/c1-2-26-14-6-10-19(26)16-24-22(23-13-12-20-11-7-15-28-20)25-17-21(27)18-8-4-3-5-9-18/h3-5,7-9,11,15,19,21,27H,2,6,10,12-14,16-17H2,1H3,(H2,23,24,25). The minimum atomic E-state index is -0.608. The third kappa shape index (κ3) is 6.11. The number of benzene rings is 1. The van der Waals surface area contributed by atoms with Crippen molar-refractivity contribution >= 4 is 5.96 Å². The number of hydrogen-bond donors (Lipinski definition) is 3. The zero-order valence-electron chi connectivity index (χ0n) is 16.7. The van der Waals surface area contributed by atoms with Gasteiger partial charge < -0.3 is 20.2 Å². The monoisotopic (exact) mass is 384 g/mol. The molecule has 1 aromatic heterocycles. The van der Waals surface area contributed by atoms with Crippen molar-refractivity contribution in [3.63, 3.8) is 0 Å². The normalized spacial score (nSPS) is 18.9. The minimum Gasteiger partial charge on any atom is -0.469 e. The van der Waals surface area contributed by atoms with Gasteiger partial charge in [-0.05, 0) is 43.6 Å². The van der Waals surface area contributed by atoms with Gasteiger partial charge >= 0.3 is 0 Å². The van der Waals surface area contributed by atoms with Crippen molar-refractivity contribution in [1.29, 1.82) is 0 Å². The lowest BCUT2D eigenvalue weighted by molar-refractivity contribution is 0.187. The number of hydrogen-bond acceptors (Lipinski definition) is 4. The molecule has 2 aromatic rings. The first-order valence-electron chi connectivity index (χ1n) is 10.3. The molecule has 6 heteroatoms. The molecule has 0 spiro atoms. The number of nitrogens with one attached hydrogen (secondary N) is 2. The number of likely N-dealkylation sites (tertiary alicyclic amines) is 1. The molecule has 0 bridgehead atoms. The summed E-state index contributed by atoms with van der Waals surface area (Å²) in [5, 5.41) is 17.3. The number of aliphatic imine (C=N–C) groups is 1. The first-order chi connectivity index (χ1) is 13.8. The second-order valence-corrected chi connectivity index (χ2v) is 7.18. The van der Waals surface area contributed by atoms with Gasteiger partial charge in [-0.25, -0.2) is 0 Å². The van der Waals surface area contributed by atoms with Crippen molar-refractivity contribution < 1.29 is 9.52 Å². The van der Waals surface area contributed by atoms with Crippen LogP contribution in [0.1, 0.15) is 37.2 Å². The first kappa shape index (κ1) is 20.4. The molecular formula is C22H32N4O2. The Balaban J connectivity index is 1.55. The van der Waals surface area contributed by atoms with E-state index < -0.39 is 6.10 Å². The molecule has 1 aliphatic rings. The molecule has 0 aliphatic carbocycles. The molecule has 3 rings (SSSR count). The Morgan fingerprint density at radius 1 is 1.25 bits per heavy atom. The molecule has 2 atom stereocenters. The van der Waals surface area contributed by atoms with Crippen molar-refractivity contribution in [2.45, 2.75) is 38.3 Å². The summed E-state index contributed by atoms with van der Waals surface area (Å²) in [5.74, 6) is 1.69. The number of aliphatic hydroxyl groups excluding tert-OH is 1. The second kappa shape index (κ2) is 10.9. The average Bonchev–Trinajstić information content (AvgIpc) is 3.41. The number of aliphatic hydroxyl groups is 1. The fraction of sp³-hybridized carbons (Fsp3) is 0.500. The molecule has 1 aliphatic heterocycles. The Morgan fingerprint density at radius 2 is 2.11 bits per heavy atom. The quantitative estimate of drug-likeness (QED) is 0.458. The van der Waals surface area contributed by atoms with E-state index in [-0.39, 0.29) is 0 Å². The summed E-state index contributed by atoms with van der Waals surface area (Å²) in [4.78, 5) is 7.13. The molecular weight excluding hydrogens is 352 g/mol. The lowest BCUT2D eigenvalue weighted by Crippen LogP contribution is -2.45. The van der Waals surface area contributed by atoms with Gasteiger partial charge in [-0.3, -0.25) is 9.89 Å². The molecule has 2 unspecified atom stereocenters. The number of guanidine groups is 1. The minimum absolute atomic E-state index is 0.322. The lowest BCUT2D eigenvalue weighted by Gasteiger charge is -2.24. The SMILES string of the molecule is CCN1CCCC1CNC(=NCC(O)c1ccccc1)NCCc1ccco1. The molecule has 2 heterocycles. The first-order valence-corrected chi connectivity index (χ1v) is 10.3. The largest absolute Gasteiger partial charge is 0.469 e. The van der Waals surface area contributed by atoms with Gasteiger partial charge in [-0.1, -0.05) is 37.3 Å². The van der Waals surface area contributed by atoms with Crippen LogP contribution < -0.4 is 10.6 Å². The fourth-order valence-corrected chi connectivity index (χ4v) is 3.65. The molecule has 1 aromatic carbocycles. The third-order valence-electron chi connectivity index (χ3n) is 5.26. The summed E-state index contributed by atoms with van der Waals surface area (Å²) in [5.41, 5.74) is 0.883. The maximum atomic E-state index is 10.4. The van der Waals surface area contributed by atoms with Gasteiger partial charge in [0.25, 0.3) is 0 Å². The van der Waals surface area contributed by atoms with Crippen molar-refractivity contribution in [1.82, 2.24) is 15.5 Å². The van der Waals surface area contributed by atoms with Crippen LogP contribution >= 0.6 is 0 Å². The molecule has 0 saturated carbocycles. The van der Waals surface area contributed by atoms with E-state index in [9.17, 15) is 5.11 Å². The van der Waals surface area contributed by atoms with Crippen LogP contribution in [0, 0.1) is 0 Å². The zero-order chi connectivity index (χ0) is 19.6. The van der Waals surface area contributed by atoms with Gasteiger partial charge in [0.15, 0.2) is 5.96 Å². The van der Waals surface area contributed by atoms with Crippen LogP contribution in [0.15, 0.2) is 58.1 Å². The van der Waals surface area contributed by atoms with Crippen molar-refractivity contribution in [2.75, 3.05) is 32.7 Å². The Hall–Kier alpha value is -2.31. The number of rotatable bonds is 9. The average molecular weight is 385 g/mol. The molecule has 3 N–H and O–H groups in total. The molecule has 1 fully saturated rings. The molecule has 152 valence electrons. The third-order valence-corrected chi connectivity index (χ3v) is 5.26. The predicted molar refractivity (Wildman–Crippen MR) is 112 cm³/mol. The highest BCUT2D eigenvalue weighted by Crippen LogP contribution is 2.15. The Bertz CT molecular complexity index is 703. The summed E-state index contributed by atoms with van der Waals surface area (Å²) in [6, 6.07) is 14.1. The van der Waals surface area contributed by atoms with Crippen LogP contribution in [-0.4, -0.2) is 54.7 Å². The van der Waals surface area contributed by atoms with Crippen LogP contribution in [-0.2, 0) is 6.42 Å². The smallest absolute Gasteiger partial charge is 0.191 e. The van der Waals surface area contributed by atoms with E-state index >= 15 is 0 Å². The van der Waals surface area contributed by atoms with E-state index in [4.69, 9.17) is 4.42 Å². The predicted octanol–water partition coefficient (Wildman–Crippen LogP) is 2.58. The van der Waals surface area contributed by atoms with Gasteiger partial charge in [-0.2, -0.15) is 0 Å². The topological polar surface area (TPSA) is 73.0 Å². The maximum Gasteiger partial charge on any atom is 0.191 e. The Labute approximate surface area is 167 Å². The highest BCUT2D eigenvalue weighted by molar-refractivity contribution is 5.79. The van der Waals surface area contributed by atoms with Crippen molar-refractivity contribution in [3.05, 3.63) is 60.1 Å². The van der Waals surface area contributed by atoms with Crippen LogP contribution in [0.2, 0.25) is 0 Å². The molecule has 28 heavy (non-hydrogen) atoms. The van der Waals surface area contributed by atoms with E-state index in [1.54, 1.807) is 6.26 Å². The maximum absolute atomic E-state index is 10.4. The van der Waals surface area contributed by atoms with Gasteiger partial charge in [0.2, 0.25) is 0 Å².